The number of nitro groups is 1. The number of amides is 1. The maximum Gasteiger partial charge on any atom is 0.389 e. The van der Waals surface area contributed by atoms with Crippen LogP contribution < -0.4 is 5.32 Å². The van der Waals surface area contributed by atoms with E-state index in [1.165, 1.54) is 16.9 Å². The van der Waals surface area contributed by atoms with Crippen LogP contribution in [0.2, 0.25) is 0 Å². The fourth-order valence-electron chi connectivity index (χ4n) is 1.16. The average Bonchev–Trinajstić information content (AvgIpc) is 2.65. The van der Waals surface area contributed by atoms with E-state index in [-0.39, 0.29) is 18.3 Å². The molecule has 0 saturated heterocycles. The molecule has 0 aliphatic rings. The van der Waals surface area contributed by atoms with Crippen molar-refractivity contribution in [2.24, 2.45) is 0 Å². The van der Waals surface area contributed by atoms with Gasteiger partial charge in [0.2, 0.25) is 5.91 Å². The molecule has 0 aliphatic carbocycles. The highest BCUT2D eigenvalue weighted by Gasteiger charge is 2.12. The molecule has 0 radical (unpaired) electrons. The van der Waals surface area contributed by atoms with E-state index in [1.807, 2.05) is 0 Å². The molecule has 0 saturated carbocycles. The van der Waals surface area contributed by atoms with Gasteiger partial charge in [0.25, 0.3) is 0 Å². The van der Waals surface area contributed by atoms with Gasteiger partial charge in [-0.15, -0.1) is 0 Å². The van der Waals surface area contributed by atoms with E-state index in [2.05, 4.69) is 10.4 Å². The fraction of sp³-hybridized carbons (Fsp3) is 0.556. The second-order valence-corrected chi connectivity index (χ2v) is 3.62. The molecule has 0 bridgehead atoms. The van der Waals surface area contributed by atoms with Crippen molar-refractivity contribution in [3.05, 3.63) is 22.4 Å². The number of aliphatic hydroxyl groups excluding tert-OH is 1. The first-order valence-corrected chi connectivity index (χ1v) is 5.11. The smallest absolute Gasteiger partial charge is 0.389 e. The van der Waals surface area contributed by atoms with Crippen molar-refractivity contribution in [1.82, 2.24) is 15.1 Å². The van der Waals surface area contributed by atoms with Gasteiger partial charge in [-0.1, -0.05) is 0 Å². The van der Waals surface area contributed by atoms with Crippen LogP contribution in [-0.2, 0) is 11.3 Å². The van der Waals surface area contributed by atoms with E-state index in [0.717, 1.165) is 0 Å². The lowest BCUT2D eigenvalue weighted by molar-refractivity contribution is -0.389. The number of aliphatic hydroxyl groups is 1. The first-order chi connectivity index (χ1) is 7.99. The molecule has 1 aromatic rings. The molecule has 0 aliphatic heterocycles. The van der Waals surface area contributed by atoms with Gasteiger partial charge in [-0.2, -0.15) is 4.68 Å². The quantitative estimate of drug-likeness (QED) is 0.524. The minimum absolute atomic E-state index is 0.0757. The van der Waals surface area contributed by atoms with Gasteiger partial charge in [-0.25, -0.2) is 0 Å². The summed E-state index contributed by atoms with van der Waals surface area (Å²) in [6, 6.07) is 1.23. The molecule has 8 nitrogen and oxygen atoms in total. The molecule has 2 N–H and O–H groups in total. The third-order valence-electron chi connectivity index (χ3n) is 2.00. The second-order valence-electron chi connectivity index (χ2n) is 3.62. The van der Waals surface area contributed by atoms with Crippen molar-refractivity contribution < 1.29 is 14.8 Å². The number of carbonyl (C=O) groups excluding carboxylic acids is 1. The lowest BCUT2D eigenvalue weighted by Crippen LogP contribution is -2.30. The van der Waals surface area contributed by atoms with E-state index in [9.17, 15) is 14.9 Å². The lowest BCUT2D eigenvalue weighted by atomic mass is 10.3. The first kappa shape index (κ1) is 13.1. The molecule has 0 spiro atoms. The van der Waals surface area contributed by atoms with Crippen molar-refractivity contribution in [2.75, 3.05) is 6.54 Å². The van der Waals surface area contributed by atoms with Gasteiger partial charge >= 0.3 is 5.82 Å². The Labute approximate surface area is 97.4 Å². The number of rotatable bonds is 6. The molecule has 1 atom stereocenters. The number of hydrogen-bond acceptors (Lipinski definition) is 5. The van der Waals surface area contributed by atoms with Gasteiger partial charge in [0.05, 0.1) is 23.5 Å². The van der Waals surface area contributed by atoms with Gasteiger partial charge < -0.3 is 20.5 Å². The third kappa shape index (κ3) is 4.60. The maximum absolute atomic E-state index is 11.3. The Morgan fingerprint density at radius 1 is 1.76 bits per heavy atom. The van der Waals surface area contributed by atoms with E-state index in [1.54, 1.807) is 6.92 Å². The molecule has 1 rings (SSSR count). The Kier molecular flexibility index (Phi) is 4.58. The Balaban J connectivity index is 2.37. The molecular formula is C9H14N4O4. The average molecular weight is 242 g/mol. The topological polar surface area (TPSA) is 110 Å². The minimum atomic E-state index is -0.623. The SMILES string of the molecule is CC(O)CCNC(=O)Cn1ccc([N+](=O)[O-])n1. The number of nitrogens with zero attached hydrogens (tertiary/aromatic N) is 3. The Morgan fingerprint density at radius 2 is 2.47 bits per heavy atom. The molecule has 8 heteroatoms. The van der Waals surface area contributed by atoms with Crippen LogP contribution in [0.1, 0.15) is 13.3 Å². The molecule has 0 aromatic carbocycles. The van der Waals surface area contributed by atoms with Crippen LogP contribution in [0.4, 0.5) is 5.82 Å². The molecule has 17 heavy (non-hydrogen) atoms. The number of hydrogen-bond donors (Lipinski definition) is 2. The summed E-state index contributed by atoms with van der Waals surface area (Å²) < 4.78 is 1.19. The Morgan fingerprint density at radius 3 is 3.00 bits per heavy atom. The summed E-state index contributed by atoms with van der Waals surface area (Å²) in [4.78, 5) is 21.1. The van der Waals surface area contributed by atoms with Crippen LogP contribution in [0.5, 0.6) is 0 Å². The van der Waals surface area contributed by atoms with Crippen LogP contribution in [-0.4, -0.2) is 38.4 Å². The van der Waals surface area contributed by atoms with Gasteiger partial charge in [0.15, 0.2) is 0 Å². The van der Waals surface area contributed by atoms with E-state index < -0.39 is 11.0 Å². The van der Waals surface area contributed by atoms with Gasteiger partial charge in [-0.05, 0) is 18.3 Å². The van der Waals surface area contributed by atoms with Crippen LogP contribution in [0.3, 0.4) is 0 Å². The zero-order chi connectivity index (χ0) is 12.8. The Bertz CT molecular complexity index is 401. The molecule has 1 aromatic heterocycles. The number of aromatic nitrogens is 2. The summed E-state index contributed by atoms with van der Waals surface area (Å²) in [6.45, 7) is 1.91. The lowest BCUT2D eigenvalue weighted by Gasteiger charge is -2.05. The van der Waals surface area contributed by atoms with E-state index >= 15 is 0 Å². The maximum atomic E-state index is 11.3. The van der Waals surface area contributed by atoms with E-state index in [4.69, 9.17) is 5.11 Å². The predicted molar refractivity (Wildman–Crippen MR) is 58.2 cm³/mol. The molecule has 0 fully saturated rings. The standard InChI is InChI=1S/C9H14N4O4/c1-7(14)2-4-10-9(15)6-12-5-3-8(11-12)13(16)17/h3,5,7,14H,2,4,6H2,1H3,(H,10,15). The summed E-state index contributed by atoms with van der Waals surface area (Å²) in [5, 5.41) is 25.5. The van der Waals surface area contributed by atoms with E-state index in [0.29, 0.717) is 13.0 Å². The second kappa shape index (κ2) is 5.94. The largest absolute Gasteiger partial charge is 0.393 e. The zero-order valence-electron chi connectivity index (χ0n) is 9.37. The summed E-state index contributed by atoms with van der Waals surface area (Å²) in [6.07, 6.45) is 1.36. The van der Waals surface area contributed by atoms with Crippen molar-refractivity contribution >= 4 is 11.7 Å². The monoisotopic (exact) mass is 242 g/mol. The zero-order valence-corrected chi connectivity index (χ0v) is 9.37. The molecule has 94 valence electrons. The third-order valence-corrected chi connectivity index (χ3v) is 2.00. The van der Waals surface area contributed by atoms with Crippen molar-refractivity contribution in [2.45, 2.75) is 26.0 Å². The highest BCUT2D eigenvalue weighted by Crippen LogP contribution is 2.04. The minimum Gasteiger partial charge on any atom is -0.393 e. The van der Waals surface area contributed by atoms with Crippen LogP contribution in [0.15, 0.2) is 12.3 Å². The van der Waals surface area contributed by atoms with Crippen molar-refractivity contribution in [3.63, 3.8) is 0 Å². The molecule has 1 heterocycles. The molecular weight excluding hydrogens is 228 g/mol. The summed E-state index contributed by atoms with van der Waals surface area (Å²) >= 11 is 0. The Hall–Kier alpha value is -1.96. The number of nitrogens with one attached hydrogen (secondary N) is 1. The van der Waals surface area contributed by atoms with Gasteiger partial charge in [0.1, 0.15) is 6.54 Å². The van der Waals surface area contributed by atoms with Crippen LogP contribution in [0, 0.1) is 10.1 Å². The number of carbonyl (C=O) groups is 1. The highest BCUT2D eigenvalue weighted by molar-refractivity contribution is 5.75. The van der Waals surface area contributed by atoms with Gasteiger partial charge in [0, 0.05) is 6.54 Å². The summed E-state index contributed by atoms with van der Waals surface area (Å²) in [7, 11) is 0. The summed E-state index contributed by atoms with van der Waals surface area (Å²) in [5.74, 6) is -0.592. The molecule has 1 unspecified atom stereocenters. The van der Waals surface area contributed by atoms with Crippen molar-refractivity contribution in [3.8, 4) is 0 Å². The van der Waals surface area contributed by atoms with Crippen LogP contribution >= 0.6 is 0 Å². The fourth-order valence-corrected chi connectivity index (χ4v) is 1.16. The van der Waals surface area contributed by atoms with Gasteiger partial charge in [-0.3, -0.25) is 4.79 Å². The normalized spacial score (nSPS) is 12.1. The summed E-state index contributed by atoms with van der Waals surface area (Å²) in [5.41, 5.74) is 0. The predicted octanol–water partition coefficient (Wildman–Crippen LogP) is -0.322. The first-order valence-electron chi connectivity index (χ1n) is 5.11. The van der Waals surface area contributed by atoms with Crippen molar-refractivity contribution in [1.29, 1.82) is 0 Å². The molecule has 1 amide bonds. The highest BCUT2D eigenvalue weighted by atomic mass is 16.6. The van der Waals surface area contributed by atoms with Crippen LogP contribution in [0.25, 0.3) is 0 Å².